The number of benzene rings is 1. The molecule has 1 aliphatic heterocycles. The molecule has 6 nitrogen and oxygen atoms in total. The fourth-order valence-electron chi connectivity index (χ4n) is 3.04. The number of pyridine rings is 1. The van der Waals surface area contributed by atoms with E-state index in [0.29, 0.717) is 6.54 Å². The van der Waals surface area contributed by atoms with Gasteiger partial charge in [0.15, 0.2) is 0 Å². The highest BCUT2D eigenvalue weighted by molar-refractivity contribution is 5.75. The van der Waals surface area contributed by atoms with Crippen LogP contribution in [0.1, 0.15) is 6.92 Å². The molecule has 25 heavy (non-hydrogen) atoms. The molecule has 0 fully saturated rings. The Kier molecular flexibility index (Phi) is 5.07. The minimum Gasteiger partial charge on any atom is -0.485 e. The van der Waals surface area contributed by atoms with Crippen molar-refractivity contribution >= 4 is 11.6 Å². The van der Waals surface area contributed by atoms with Crippen LogP contribution >= 0.6 is 0 Å². The summed E-state index contributed by atoms with van der Waals surface area (Å²) in [5.74, 6) is 0.736. The number of anilines is 1. The van der Waals surface area contributed by atoms with Gasteiger partial charge in [0, 0.05) is 25.9 Å². The lowest BCUT2D eigenvalue weighted by Gasteiger charge is -2.37. The number of hydrogen-bond donors (Lipinski definition) is 0. The lowest BCUT2D eigenvalue weighted by Crippen LogP contribution is -2.47. The molecule has 0 spiro atoms. The smallest absolute Gasteiger partial charge is 0.250 e. The average Bonchev–Trinajstić information content (AvgIpc) is 2.62. The van der Waals surface area contributed by atoms with Gasteiger partial charge in [-0.25, -0.2) is 0 Å². The zero-order valence-corrected chi connectivity index (χ0v) is 14.6. The van der Waals surface area contributed by atoms with Gasteiger partial charge in [-0.3, -0.25) is 9.59 Å². The molecule has 1 aromatic carbocycles. The highest BCUT2D eigenvalue weighted by Gasteiger charge is 2.26. The van der Waals surface area contributed by atoms with E-state index in [2.05, 4.69) is 11.8 Å². The highest BCUT2D eigenvalue weighted by Crippen LogP contribution is 2.32. The lowest BCUT2D eigenvalue weighted by atomic mass is 10.2. The Morgan fingerprint density at radius 1 is 1.24 bits per heavy atom. The SMILES string of the molecule is CCN1C[C@H](CN(C)C(=O)Cn2ccccc2=O)Oc2ccccc21. The molecule has 0 unspecified atom stereocenters. The molecule has 0 saturated heterocycles. The fraction of sp³-hybridized carbons (Fsp3) is 0.368. The lowest BCUT2D eigenvalue weighted by molar-refractivity contribution is -0.131. The number of amides is 1. The number of nitrogens with zero attached hydrogens (tertiary/aromatic N) is 3. The summed E-state index contributed by atoms with van der Waals surface area (Å²) in [7, 11) is 1.75. The first kappa shape index (κ1) is 17.1. The minimum absolute atomic E-state index is 0.0387. The van der Waals surface area contributed by atoms with Crippen LogP contribution in [-0.2, 0) is 11.3 Å². The van der Waals surface area contributed by atoms with Crippen LogP contribution in [0, 0.1) is 0 Å². The van der Waals surface area contributed by atoms with E-state index in [4.69, 9.17) is 4.74 Å². The highest BCUT2D eigenvalue weighted by atomic mass is 16.5. The molecule has 2 heterocycles. The van der Waals surface area contributed by atoms with Crippen molar-refractivity contribution in [2.75, 3.05) is 31.6 Å². The van der Waals surface area contributed by atoms with Crippen molar-refractivity contribution in [1.82, 2.24) is 9.47 Å². The normalized spacial score (nSPS) is 16.1. The Labute approximate surface area is 147 Å². The van der Waals surface area contributed by atoms with Crippen LogP contribution in [0.3, 0.4) is 0 Å². The molecule has 6 heteroatoms. The van der Waals surface area contributed by atoms with E-state index in [0.717, 1.165) is 24.5 Å². The van der Waals surface area contributed by atoms with E-state index < -0.39 is 0 Å². The van der Waals surface area contributed by atoms with Crippen LogP contribution in [0.4, 0.5) is 5.69 Å². The van der Waals surface area contributed by atoms with Gasteiger partial charge in [0.1, 0.15) is 18.4 Å². The largest absolute Gasteiger partial charge is 0.485 e. The summed E-state index contributed by atoms with van der Waals surface area (Å²) >= 11 is 0. The third-order valence-electron chi connectivity index (χ3n) is 4.41. The average molecular weight is 341 g/mol. The molecule has 0 N–H and O–H groups in total. The van der Waals surface area contributed by atoms with Crippen molar-refractivity contribution < 1.29 is 9.53 Å². The number of likely N-dealkylation sites (N-methyl/N-ethyl adjacent to an activating group) is 2. The van der Waals surface area contributed by atoms with Crippen LogP contribution in [0.15, 0.2) is 53.5 Å². The van der Waals surface area contributed by atoms with Crippen LogP contribution in [0.5, 0.6) is 5.75 Å². The van der Waals surface area contributed by atoms with Crippen molar-refractivity contribution in [3.8, 4) is 5.75 Å². The summed E-state index contributed by atoms with van der Waals surface area (Å²) < 4.78 is 7.47. The van der Waals surface area contributed by atoms with E-state index in [1.54, 1.807) is 30.3 Å². The molecule has 132 valence electrons. The standard InChI is InChI=1S/C19H23N3O3/c1-3-21-13-15(25-17-9-5-4-8-16(17)21)12-20(2)19(24)14-22-11-7-6-10-18(22)23/h4-11,15H,3,12-14H2,1-2H3/t15-/m0/s1. The maximum Gasteiger partial charge on any atom is 0.250 e. The van der Waals surface area contributed by atoms with Crippen LogP contribution in [0.25, 0.3) is 0 Å². The number of carbonyl (C=O) groups excluding carboxylic acids is 1. The first-order valence-corrected chi connectivity index (χ1v) is 8.48. The van der Waals surface area contributed by atoms with Gasteiger partial charge in [-0.1, -0.05) is 18.2 Å². The Morgan fingerprint density at radius 2 is 2.00 bits per heavy atom. The van der Waals surface area contributed by atoms with Crippen LogP contribution in [-0.4, -0.2) is 48.2 Å². The summed E-state index contributed by atoms with van der Waals surface area (Å²) in [6, 6.07) is 12.8. The van der Waals surface area contributed by atoms with E-state index in [1.165, 1.54) is 10.6 Å². The molecular formula is C19H23N3O3. The van der Waals surface area contributed by atoms with E-state index in [9.17, 15) is 9.59 Å². The van der Waals surface area contributed by atoms with Crippen LogP contribution < -0.4 is 15.2 Å². The molecule has 1 aromatic heterocycles. The van der Waals surface area contributed by atoms with Crippen molar-refractivity contribution in [3.05, 3.63) is 59.0 Å². The van der Waals surface area contributed by atoms with Crippen molar-refractivity contribution in [2.24, 2.45) is 0 Å². The summed E-state index contributed by atoms with van der Waals surface area (Å²) in [5.41, 5.74) is 0.912. The quantitative estimate of drug-likeness (QED) is 0.829. The number of para-hydroxylation sites is 2. The molecule has 0 bridgehead atoms. The molecular weight excluding hydrogens is 318 g/mol. The third-order valence-corrected chi connectivity index (χ3v) is 4.41. The Hall–Kier alpha value is -2.76. The van der Waals surface area contributed by atoms with Gasteiger partial charge in [0.25, 0.3) is 5.56 Å². The summed E-state index contributed by atoms with van der Waals surface area (Å²) in [6.07, 6.45) is 1.52. The summed E-state index contributed by atoms with van der Waals surface area (Å²) in [4.78, 5) is 28.1. The zero-order valence-electron chi connectivity index (χ0n) is 14.6. The molecule has 1 aliphatic rings. The number of ether oxygens (including phenoxy) is 1. The molecule has 1 atom stereocenters. The monoisotopic (exact) mass is 341 g/mol. The first-order valence-electron chi connectivity index (χ1n) is 8.48. The topological polar surface area (TPSA) is 54.8 Å². The van der Waals surface area contributed by atoms with Gasteiger partial charge >= 0.3 is 0 Å². The molecule has 0 aliphatic carbocycles. The maximum atomic E-state index is 12.4. The van der Waals surface area contributed by atoms with Gasteiger partial charge < -0.3 is 19.1 Å². The second-order valence-electron chi connectivity index (χ2n) is 6.19. The number of fused-ring (bicyclic) bond motifs is 1. The van der Waals surface area contributed by atoms with Crippen molar-refractivity contribution in [3.63, 3.8) is 0 Å². The zero-order chi connectivity index (χ0) is 17.8. The van der Waals surface area contributed by atoms with E-state index >= 15 is 0 Å². The van der Waals surface area contributed by atoms with Crippen molar-refractivity contribution in [2.45, 2.75) is 19.6 Å². The van der Waals surface area contributed by atoms with Gasteiger partial charge in [0.2, 0.25) is 5.91 Å². The third kappa shape index (κ3) is 3.84. The van der Waals surface area contributed by atoms with Gasteiger partial charge in [0.05, 0.1) is 18.8 Å². The maximum absolute atomic E-state index is 12.4. The molecule has 0 saturated carbocycles. The molecule has 3 rings (SSSR count). The van der Waals surface area contributed by atoms with Crippen molar-refractivity contribution in [1.29, 1.82) is 0 Å². The van der Waals surface area contributed by atoms with Gasteiger partial charge in [-0.15, -0.1) is 0 Å². The Balaban J connectivity index is 1.65. The fourth-order valence-corrected chi connectivity index (χ4v) is 3.04. The molecule has 1 amide bonds. The van der Waals surface area contributed by atoms with E-state index in [-0.39, 0.29) is 24.1 Å². The second-order valence-corrected chi connectivity index (χ2v) is 6.19. The summed E-state index contributed by atoms with van der Waals surface area (Å²) in [6.45, 7) is 4.24. The molecule has 0 radical (unpaired) electrons. The number of aromatic nitrogens is 1. The predicted molar refractivity (Wildman–Crippen MR) is 97.1 cm³/mol. The summed E-state index contributed by atoms with van der Waals surface area (Å²) in [5, 5.41) is 0. The minimum atomic E-state index is -0.177. The Bertz CT molecular complexity index is 802. The number of rotatable bonds is 5. The van der Waals surface area contributed by atoms with E-state index in [1.807, 2.05) is 24.3 Å². The number of carbonyl (C=O) groups is 1. The van der Waals surface area contributed by atoms with Crippen LogP contribution in [0.2, 0.25) is 0 Å². The first-order chi connectivity index (χ1) is 12.1. The second kappa shape index (κ2) is 7.42. The van der Waals surface area contributed by atoms with Gasteiger partial charge in [-0.2, -0.15) is 0 Å². The Morgan fingerprint density at radius 3 is 2.76 bits per heavy atom. The van der Waals surface area contributed by atoms with Gasteiger partial charge in [-0.05, 0) is 25.1 Å². The predicted octanol–water partition coefficient (Wildman–Crippen LogP) is 1.59. The number of hydrogen-bond acceptors (Lipinski definition) is 4. The molecule has 2 aromatic rings.